The molecule has 0 bridgehead atoms. The molecule has 2 aliphatic rings. The second-order valence-corrected chi connectivity index (χ2v) is 7.29. The fourth-order valence-electron chi connectivity index (χ4n) is 3.07. The highest BCUT2D eigenvalue weighted by molar-refractivity contribution is 5.75. The van der Waals surface area contributed by atoms with Gasteiger partial charge in [0.2, 0.25) is 5.89 Å². The highest BCUT2D eigenvalue weighted by Gasteiger charge is 2.35. The third kappa shape index (κ3) is 5.17. The van der Waals surface area contributed by atoms with E-state index < -0.39 is 0 Å². The number of amides is 2. The molecular weight excluding hydrogens is 336 g/mol. The van der Waals surface area contributed by atoms with Gasteiger partial charge in [0, 0.05) is 45.4 Å². The van der Waals surface area contributed by atoms with E-state index in [-0.39, 0.29) is 18.0 Å². The predicted molar refractivity (Wildman–Crippen MR) is 95.0 cm³/mol. The summed E-state index contributed by atoms with van der Waals surface area (Å²) in [4.78, 5) is 18.2. The number of hydrogen-bond acceptors (Lipinski definition) is 6. The molecule has 0 aliphatic carbocycles. The lowest BCUT2D eigenvalue weighted by Crippen LogP contribution is -2.54. The molecule has 1 aromatic rings. The number of nitrogens with one attached hydrogen (secondary N) is 1. The van der Waals surface area contributed by atoms with Gasteiger partial charge in [0.1, 0.15) is 0 Å². The van der Waals surface area contributed by atoms with Crippen LogP contribution in [0.15, 0.2) is 4.52 Å². The van der Waals surface area contributed by atoms with Crippen LogP contribution >= 0.6 is 0 Å². The zero-order valence-corrected chi connectivity index (χ0v) is 15.8. The molecule has 1 unspecified atom stereocenters. The number of nitrogens with zero attached hydrogens (tertiary/aromatic N) is 3. The third-order valence-corrected chi connectivity index (χ3v) is 5.15. The first-order chi connectivity index (χ1) is 12.7. The highest BCUT2D eigenvalue weighted by Crippen LogP contribution is 2.25. The fourth-order valence-corrected chi connectivity index (χ4v) is 3.07. The van der Waals surface area contributed by atoms with Crippen LogP contribution in [0.25, 0.3) is 0 Å². The number of hydrogen-bond donors (Lipinski definition) is 1. The molecule has 0 aromatic carbocycles. The maximum absolute atomic E-state index is 12.0. The number of ether oxygens (including phenoxy) is 2. The lowest BCUT2D eigenvalue weighted by Gasteiger charge is -2.37. The standard InChI is InChI=1S/C18H30N4O4/c1-3-13(2)19-18(23)22-10-15(11-22)17-20-16(21-26-17)6-9-25-12-14-4-7-24-8-5-14/h13-15H,3-12H2,1-2H3,(H,19,23). The lowest BCUT2D eigenvalue weighted by molar-refractivity contribution is 0.0211. The average molecular weight is 366 g/mol. The minimum absolute atomic E-state index is 0.0168. The van der Waals surface area contributed by atoms with Crippen LogP contribution in [-0.4, -0.2) is 66.6 Å². The van der Waals surface area contributed by atoms with Crippen molar-refractivity contribution in [2.45, 2.75) is 51.5 Å². The van der Waals surface area contributed by atoms with Crippen LogP contribution in [0.1, 0.15) is 50.7 Å². The minimum Gasteiger partial charge on any atom is -0.381 e. The van der Waals surface area contributed by atoms with E-state index in [1.807, 2.05) is 6.92 Å². The van der Waals surface area contributed by atoms with E-state index >= 15 is 0 Å². The van der Waals surface area contributed by atoms with Crippen LogP contribution in [0.2, 0.25) is 0 Å². The van der Waals surface area contributed by atoms with Crippen molar-refractivity contribution in [3.05, 3.63) is 11.7 Å². The molecule has 0 radical (unpaired) electrons. The molecule has 3 heterocycles. The number of aromatic nitrogens is 2. The molecule has 1 N–H and O–H groups in total. The first-order valence-corrected chi connectivity index (χ1v) is 9.69. The van der Waals surface area contributed by atoms with Crippen molar-refractivity contribution < 1.29 is 18.8 Å². The summed E-state index contributed by atoms with van der Waals surface area (Å²) in [6.07, 6.45) is 3.73. The van der Waals surface area contributed by atoms with Gasteiger partial charge in [0.15, 0.2) is 5.82 Å². The molecule has 2 saturated heterocycles. The first-order valence-electron chi connectivity index (χ1n) is 9.69. The van der Waals surface area contributed by atoms with Crippen LogP contribution in [0.5, 0.6) is 0 Å². The molecule has 3 rings (SSSR count). The number of rotatable bonds is 8. The van der Waals surface area contributed by atoms with Crippen molar-refractivity contribution >= 4 is 6.03 Å². The van der Waals surface area contributed by atoms with E-state index in [1.165, 1.54) is 0 Å². The Balaban J connectivity index is 1.33. The van der Waals surface area contributed by atoms with Gasteiger partial charge in [-0.3, -0.25) is 0 Å². The molecule has 2 aliphatic heterocycles. The molecule has 2 fully saturated rings. The Morgan fingerprint density at radius 2 is 2.15 bits per heavy atom. The molecule has 146 valence electrons. The summed E-state index contributed by atoms with van der Waals surface area (Å²) in [5.74, 6) is 2.04. The molecule has 1 atom stereocenters. The summed E-state index contributed by atoms with van der Waals surface area (Å²) in [6, 6.07) is 0.176. The number of likely N-dealkylation sites (tertiary alicyclic amines) is 1. The molecule has 8 nitrogen and oxygen atoms in total. The Morgan fingerprint density at radius 1 is 1.38 bits per heavy atom. The quantitative estimate of drug-likeness (QED) is 0.708. The van der Waals surface area contributed by atoms with Crippen LogP contribution < -0.4 is 5.32 Å². The molecule has 0 saturated carbocycles. The Kier molecular flexibility index (Phi) is 6.85. The topological polar surface area (TPSA) is 89.7 Å². The zero-order chi connectivity index (χ0) is 18.4. The van der Waals surface area contributed by atoms with Gasteiger partial charge in [0.05, 0.1) is 12.5 Å². The summed E-state index contributed by atoms with van der Waals surface area (Å²) in [5, 5.41) is 7.00. The van der Waals surface area contributed by atoms with Gasteiger partial charge in [-0.05, 0) is 32.1 Å². The third-order valence-electron chi connectivity index (χ3n) is 5.15. The van der Waals surface area contributed by atoms with Gasteiger partial charge in [-0.1, -0.05) is 12.1 Å². The maximum atomic E-state index is 12.0. The fraction of sp³-hybridized carbons (Fsp3) is 0.833. The highest BCUT2D eigenvalue weighted by atomic mass is 16.5. The predicted octanol–water partition coefficient (Wildman–Crippen LogP) is 1.96. The average Bonchev–Trinajstić information content (AvgIpc) is 3.06. The van der Waals surface area contributed by atoms with E-state index in [2.05, 4.69) is 22.4 Å². The summed E-state index contributed by atoms with van der Waals surface area (Å²) in [5.41, 5.74) is 0. The molecule has 1 aromatic heterocycles. The number of carbonyl (C=O) groups is 1. The van der Waals surface area contributed by atoms with E-state index in [4.69, 9.17) is 14.0 Å². The SMILES string of the molecule is CCC(C)NC(=O)N1CC(c2nc(CCOCC3CCOCC3)no2)C1. The lowest BCUT2D eigenvalue weighted by atomic mass is 10.0. The summed E-state index contributed by atoms with van der Waals surface area (Å²) in [6.45, 7) is 8.38. The molecule has 2 amide bonds. The smallest absolute Gasteiger partial charge is 0.317 e. The van der Waals surface area contributed by atoms with Crippen molar-refractivity contribution in [2.24, 2.45) is 5.92 Å². The van der Waals surface area contributed by atoms with E-state index in [9.17, 15) is 4.79 Å². The monoisotopic (exact) mass is 366 g/mol. The van der Waals surface area contributed by atoms with Gasteiger partial charge in [0.25, 0.3) is 0 Å². The summed E-state index contributed by atoms with van der Waals surface area (Å²) >= 11 is 0. The molecular formula is C18H30N4O4. The van der Waals surface area contributed by atoms with Gasteiger partial charge < -0.3 is 24.2 Å². The Labute approximate surface area is 154 Å². The van der Waals surface area contributed by atoms with Crippen molar-refractivity contribution in [1.82, 2.24) is 20.4 Å². The Morgan fingerprint density at radius 3 is 2.88 bits per heavy atom. The van der Waals surface area contributed by atoms with Gasteiger partial charge in [-0.25, -0.2) is 4.79 Å². The van der Waals surface area contributed by atoms with Gasteiger partial charge in [-0.15, -0.1) is 0 Å². The summed E-state index contributed by atoms with van der Waals surface area (Å²) < 4.78 is 16.4. The first kappa shape index (κ1) is 19.1. The van der Waals surface area contributed by atoms with E-state index in [0.29, 0.717) is 43.8 Å². The molecule has 26 heavy (non-hydrogen) atoms. The number of urea groups is 1. The van der Waals surface area contributed by atoms with Crippen molar-refractivity contribution in [3.63, 3.8) is 0 Å². The normalized spacial score (nSPS) is 20.0. The largest absolute Gasteiger partial charge is 0.381 e. The summed E-state index contributed by atoms with van der Waals surface area (Å²) in [7, 11) is 0. The van der Waals surface area contributed by atoms with Gasteiger partial charge >= 0.3 is 6.03 Å². The van der Waals surface area contributed by atoms with Crippen LogP contribution in [0.3, 0.4) is 0 Å². The second-order valence-electron chi connectivity index (χ2n) is 7.29. The Hall–Kier alpha value is -1.67. The number of carbonyl (C=O) groups excluding carboxylic acids is 1. The van der Waals surface area contributed by atoms with E-state index in [0.717, 1.165) is 39.1 Å². The van der Waals surface area contributed by atoms with Crippen LogP contribution in [0, 0.1) is 5.92 Å². The Bertz CT molecular complexity index is 567. The van der Waals surface area contributed by atoms with Crippen molar-refractivity contribution in [2.75, 3.05) is 39.5 Å². The van der Waals surface area contributed by atoms with Crippen LogP contribution in [-0.2, 0) is 15.9 Å². The van der Waals surface area contributed by atoms with Crippen LogP contribution in [0.4, 0.5) is 4.79 Å². The zero-order valence-electron chi connectivity index (χ0n) is 15.8. The van der Waals surface area contributed by atoms with Crippen molar-refractivity contribution in [1.29, 1.82) is 0 Å². The minimum atomic E-state index is -0.0168. The second kappa shape index (κ2) is 9.32. The van der Waals surface area contributed by atoms with Gasteiger partial charge in [-0.2, -0.15) is 4.98 Å². The maximum Gasteiger partial charge on any atom is 0.317 e. The molecule has 0 spiro atoms. The molecule has 8 heteroatoms. The van der Waals surface area contributed by atoms with E-state index in [1.54, 1.807) is 4.90 Å². The van der Waals surface area contributed by atoms with Crippen molar-refractivity contribution in [3.8, 4) is 0 Å².